The van der Waals surface area contributed by atoms with E-state index < -0.39 is 0 Å². The molecule has 4 bridgehead atoms. The molecule has 3 nitrogen and oxygen atoms in total. The van der Waals surface area contributed by atoms with Gasteiger partial charge in [-0.05, 0) is 86.1 Å². The third-order valence-electron chi connectivity index (χ3n) is 7.42. The summed E-state index contributed by atoms with van der Waals surface area (Å²) in [5.41, 5.74) is 2.42. The molecule has 0 unspecified atom stereocenters. The Morgan fingerprint density at radius 2 is 1.65 bits per heavy atom. The van der Waals surface area contributed by atoms with Crippen LogP contribution in [0.3, 0.4) is 0 Å². The number of benzene rings is 2. The molecule has 4 aliphatic carbocycles. The van der Waals surface area contributed by atoms with Crippen LogP contribution in [-0.2, 0) is 13.2 Å². The summed E-state index contributed by atoms with van der Waals surface area (Å²) in [6, 6.07) is 9.51. The van der Waals surface area contributed by atoms with Crippen molar-refractivity contribution in [2.45, 2.75) is 57.2 Å². The van der Waals surface area contributed by atoms with E-state index in [0.717, 1.165) is 40.1 Å². The summed E-state index contributed by atoms with van der Waals surface area (Å²) < 4.78 is 12.7. The fourth-order valence-corrected chi connectivity index (χ4v) is 7.31. The molecule has 2 aromatic rings. The Bertz CT molecular complexity index is 945. The summed E-state index contributed by atoms with van der Waals surface area (Å²) >= 11 is 16.0. The van der Waals surface area contributed by atoms with E-state index in [1.165, 1.54) is 44.1 Å². The van der Waals surface area contributed by atoms with Gasteiger partial charge >= 0.3 is 0 Å². The monoisotopic (exact) mass is 523 g/mol. The Balaban J connectivity index is 1.28. The second kappa shape index (κ2) is 8.78. The van der Waals surface area contributed by atoms with Crippen molar-refractivity contribution in [2.24, 2.45) is 17.8 Å². The molecule has 4 fully saturated rings. The average Bonchev–Trinajstić information content (AvgIpc) is 2.71. The highest BCUT2D eigenvalue weighted by Gasteiger charge is 2.50. The molecular weight excluding hydrogens is 497 g/mol. The first-order valence-corrected chi connectivity index (χ1v) is 12.7. The molecule has 0 spiro atoms. The van der Waals surface area contributed by atoms with E-state index >= 15 is 0 Å². The first-order valence-electron chi connectivity index (χ1n) is 11.1. The van der Waals surface area contributed by atoms with Crippen molar-refractivity contribution >= 4 is 39.1 Å². The van der Waals surface area contributed by atoms with Gasteiger partial charge in [-0.25, -0.2) is 0 Å². The fraction of sp³-hybridized carbons (Fsp3) is 0.520. The molecule has 0 aliphatic heterocycles. The summed E-state index contributed by atoms with van der Waals surface area (Å²) in [4.78, 5) is 0. The molecule has 166 valence electrons. The lowest BCUT2D eigenvalue weighted by Gasteiger charge is -2.57. The molecule has 1 N–H and O–H groups in total. The molecule has 0 amide bonds. The van der Waals surface area contributed by atoms with Crippen LogP contribution >= 0.6 is 39.1 Å². The number of methoxy groups -OCH3 is 1. The molecule has 6 rings (SSSR count). The van der Waals surface area contributed by atoms with Crippen LogP contribution in [0.5, 0.6) is 11.5 Å². The molecule has 0 saturated heterocycles. The summed E-state index contributed by atoms with van der Waals surface area (Å²) in [5, 5.41) is 5.18. The van der Waals surface area contributed by atoms with Gasteiger partial charge < -0.3 is 14.8 Å². The maximum Gasteiger partial charge on any atom is 0.162 e. The minimum absolute atomic E-state index is 0.335. The molecule has 0 atom stereocenters. The molecule has 4 saturated carbocycles. The smallest absolute Gasteiger partial charge is 0.162 e. The minimum Gasteiger partial charge on any atom is -0.493 e. The van der Waals surface area contributed by atoms with E-state index in [9.17, 15) is 0 Å². The Morgan fingerprint density at radius 1 is 0.968 bits per heavy atom. The van der Waals surface area contributed by atoms with Crippen molar-refractivity contribution in [2.75, 3.05) is 7.11 Å². The third-order valence-corrected chi connectivity index (χ3v) is 8.75. The number of rotatable bonds is 7. The molecule has 0 aromatic heterocycles. The number of hydrogen-bond donors (Lipinski definition) is 1. The highest BCUT2D eigenvalue weighted by Crippen LogP contribution is 2.55. The largest absolute Gasteiger partial charge is 0.493 e. The third kappa shape index (κ3) is 4.59. The highest BCUT2D eigenvalue weighted by molar-refractivity contribution is 9.10. The van der Waals surface area contributed by atoms with E-state index in [0.29, 0.717) is 27.9 Å². The predicted octanol–water partition coefficient (Wildman–Crippen LogP) is 7.40. The predicted molar refractivity (Wildman–Crippen MR) is 129 cm³/mol. The summed E-state index contributed by atoms with van der Waals surface area (Å²) in [5.74, 6) is 4.24. The number of nitrogens with one attached hydrogen (secondary N) is 1. The van der Waals surface area contributed by atoms with Crippen LogP contribution in [0.15, 0.2) is 34.8 Å². The van der Waals surface area contributed by atoms with Gasteiger partial charge in [0.2, 0.25) is 0 Å². The van der Waals surface area contributed by atoms with Gasteiger partial charge in [-0.15, -0.1) is 0 Å². The van der Waals surface area contributed by atoms with Gasteiger partial charge in [0.05, 0.1) is 7.11 Å². The first kappa shape index (κ1) is 21.9. The van der Waals surface area contributed by atoms with E-state index in [2.05, 4.69) is 27.3 Å². The van der Waals surface area contributed by atoms with Crippen LogP contribution in [0.4, 0.5) is 0 Å². The highest BCUT2D eigenvalue weighted by atomic mass is 79.9. The van der Waals surface area contributed by atoms with Gasteiger partial charge in [-0.1, -0.05) is 45.2 Å². The van der Waals surface area contributed by atoms with Crippen molar-refractivity contribution in [1.82, 2.24) is 5.32 Å². The quantitative estimate of drug-likeness (QED) is 0.409. The Hall–Kier alpha value is -0.940. The lowest BCUT2D eigenvalue weighted by Crippen LogP contribution is -2.58. The second-order valence-corrected chi connectivity index (χ2v) is 11.4. The lowest BCUT2D eigenvalue weighted by atomic mass is 9.53. The zero-order chi connectivity index (χ0) is 21.6. The number of ether oxygens (including phenoxy) is 2. The summed E-state index contributed by atoms with van der Waals surface area (Å²) in [6.07, 6.45) is 8.41. The van der Waals surface area contributed by atoms with Crippen LogP contribution in [-0.4, -0.2) is 12.6 Å². The van der Waals surface area contributed by atoms with Crippen molar-refractivity contribution in [3.05, 3.63) is 56.0 Å². The number of halogens is 3. The molecular formula is C25H28BrCl2NO2. The van der Waals surface area contributed by atoms with Crippen LogP contribution in [0, 0.1) is 17.8 Å². The molecule has 0 radical (unpaired) electrons. The second-order valence-electron chi connectivity index (χ2n) is 9.67. The molecule has 2 aromatic carbocycles. The van der Waals surface area contributed by atoms with E-state index in [1.807, 2.05) is 18.2 Å². The van der Waals surface area contributed by atoms with Crippen molar-refractivity contribution < 1.29 is 9.47 Å². The van der Waals surface area contributed by atoms with Crippen molar-refractivity contribution in [3.63, 3.8) is 0 Å². The van der Waals surface area contributed by atoms with Crippen LogP contribution in [0.1, 0.15) is 49.7 Å². The normalized spacial score (nSPS) is 28.7. The zero-order valence-corrected chi connectivity index (χ0v) is 20.8. The van der Waals surface area contributed by atoms with E-state index in [1.54, 1.807) is 13.2 Å². The molecule has 31 heavy (non-hydrogen) atoms. The Labute approximate surface area is 202 Å². The SMILES string of the molecule is COc1cc(CNC23CC4CC(CC(C4)C2)C3)c(Br)cc1OCc1ccc(Cl)cc1Cl. The van der Waals surface area contributed by atoms with Gasteiger partial charge in [-0.2, -0.15) is 0 Å². The maximum atomic E-state index is 6.28. The Morgan fingerprint density at radius 3 is 2.26 bits per heavy atom. The average molecular weight is 525 g/mol. The topological polar surface area (TPSA) is 30.5 Å². The summed E-state index contributed by atoms with van der Waals surface area (Å²) in [7, 11) is 1.68. The van der Waals surface area contributed by atoms with Crippen LogP contribution in [0.2, 0.25) is 10.0 Å². The van der Waals surface area contributed by atoms with Crippen molar-refractivity contribution in [1.29, 1.82) is 0 Å². The maximum absolute atomic E-state index is 6.28. The van der Waals surface area contributed by atoms with Crippen LogP contribution in [0.25, 0.3) is 0 Å². The molecule has 4 aliphatic rings. The van der Waals surface area contributed by atoms with Crippen molar-refractivity contribution in [3.8, 4) is 11.5 Å². The Kier molecular flexibility index (Phi) is 6.19. The van der Waals surface area contributed by atoms with Gasteiger partial charge in [0.15, 0.2) is 11.5 Å². The van der Waals surface area contributed by atoms with Gasteiger partial charge in [0.1, 0.15) is 6.61 Å². The molecule has 6 heteroatoms. The van der Waals surface area contributed by atoms with Gasteiger partial charge in [-0.3, -0.25) is 0 Å². The van der Waals surface area contributed by atoms with E-state index in [-0.39, 0.29) is 0 Å². The lowest BCUT2D eigenvalue weighted by molar-refractivity contribution is -0.0206. The minimum atomic E-state index is 0.335. The van der Waals surface area contributed by atoms with Gasteiger partial charge in [0.25, 0.3) is 0 Å². The first-order chi connectivity index (χ1) is 14.9. The summed E-state index contributed by atoms with van der Waals surface area (Å²) in [6.45, 7) is 1.19. The standard InChI is InChI=1S/C25H28BrCl2NO2/c1-30-23-7-19(13-29-25-10-15-4-16(11-25)6-17(5-15)12-25)21(26)9-24(23)31-14-18-2-3-20(27)8-22(18)28/h2-3,7-9,15-17,29H,4-6,10-14H2,1H3. The zero-order valence-electron chi connectivity index (χ0n) is 17.7. The molecule has 0 heterocycles. The number of hydrogen-bond acceptors (Lipinski definition) is 3. The fourth-order valence-electron chi connectivity index (χ4n) is 6.39. The van der Waals surface area contributed by atoms with E-state index in [4.69, 9.17) is 32.7 Å². The van der Waals surface area contributed by atoms with Gasteiger partial charge in [0, 0.05) is 32.2 Å². The van der Waals surface area contributed by atoms with Crippen LogP contribution < -0.4 is 14.8 Å².